The molecule has 1 heterocycles. The van der Waals surface area contributed by atoms with E-state index >= 15 is 0 Å². The van der Waals surface area contributed by atoms with E-state index < -0.39 is 0 Å². The summed E-state index contributed by atoms with van der Waals surface area (Å²) < 4.78 is 0. The number of benzene rings is 1. The summed E-state index contributed by atoms with van der Waals surface area (Å²) in [6.07, 6.45) is 2.34. The number of likely N-dealkylation sites (N-methyl/N-ethyl adjacent to an activating group) is 1. The number of hydrogen-bond donors (Lipinski definition) is 1. The fraction of sp³-hybridized carbons (Fsp3) is 0.600. The highest BCUT2D eigenvalue weighted by Crippen LogP contribution is 2.27. The number of fused-ring (bicyclic) bond motifs is 1. The summed E-state index contributed by atoms with van der Waals surface area (Å²) in [5, 5.41) is 3.61. The lowest BCUT2D eigenvalue weighted by molar-refractivity contribution is 0.374. The molecule has 0 bridgehead atoms. The van der Waals surface area contributed by atoms with Crippen LogP contribution in [0.4, 0.5) is 5.69 Å². The quantitative estimate of drug-likeness (QED) is 0.858. The molecular weight excluding hydrogens is 208 g/mol. The van der Waals surface area contributed by atoms with Crippen LogP contribution in [0, 0.1) is 0 Å². The van der Waals surface area contributed by atoms with Crippen LogP contribution in [0.2, 0.25) is 0 Å². The molecule has 0 unspecified atom stereocenters. The van der Waals surface area contributed by atoms with Gasteiger partial charge in [-0.3, -0.25) is 0 Å². The molecule has 1 N–H and O–H groups in total. The first-order valence-corrected chi connectivity index (χ1v) is 6.60. The molecule has 0 aromatic heterocycles. The van der Waals surface area contributed by atoms with Gasteiger partial charge in [0, 0.05) is 31.4 Å². The van der Waals surface area contributed by atoms with E-state index in [0.29, 0.717) is 0 Å². The number of nitrogens with zero attached hydrogens (tertiary/aromatic N) is 1. The van der Waals surface area contributed by atoms with Gasteiger partial charge in [0.2, 0.25) is 0 Å². The van der Waals surface area contributed by atoms with E-state index in [4.69, 9.17) is 0 Å². The maximum atomic E-state index is 3.61. The molecule has 0 fully saturated rings. The summed E-state index contributed by atoms with van der Waals surface area (Å²) >= 11 is 0. The second-order valence-corrected chi connectivity index (χ2v) is 5.73. The first kappa shape index (κ1) is 12.4. The molecule has 0 saturated heterocycles. The highest BCUT2D eigenvalue weighted by Gasteiger charge is 2.17. The minimum Gasteiger partial charge on any atom is -0.374 e. The molecule has 1 aromatic carbocycles. The summed E-state index contributed by atoms with van der Waals surface area (Å²) in [5.74, 6) is 0. The molecule has 0 amide bonds. The third-order valence-electron chi connectivity index (χ3n) is 3.93. The number of rotatable bonds is 4. The standard InChI is InChI=1S/C15H24N2/c1-5-15(2,3)16-11-12-6-7-14-13(10-12)8-9-17(14)4/h6-7,10,16H,5,8-9,11H2,1-4H3. The van der Waals surface area contributed by atoms with E-state index in [2.05, 4.69) is 56.2 Å². The summed E-state index contributed by atoms with van der Waals surface area (Å²) in [6, 6.07) is 6.87. The highest BCUT2D eigenvalue weighted by atomic mass is 15.1. The average molecular weight is 232 g/mol. The zero-order valence-corrected chi connectivity index (χ0v) is 11.5. The van der Waals surface area contributed by atoms with Gasteiger partial charge >= 0.3 is 0 Å². The van der Waals surface area contributed by atoms with Crippen molar-refractivity contribution in [1.82, 2.24) is 5.32 Å². The smallest absolute Gasteiger partial charge is 0.0397 e. The minimum absolute atomic E-state index is 0.232. The first-order chi connectivity index (χ1) is 8.02. The largest absolute Gasteiger partial charge is 0.374 e. The van der Waals surface area contributed by atoms with Crippen molar-refractivity contribution >= 4 is 5.69 Å². The topological polar surface area (TPSA) is 15.3 Å². The lowest BCUT2D eigenvalue weighted by atomic mass is 10.0. The maximum Gasteiger partial charge on any atom is 0.0397 e. The Balaban J connectivity index is 2.04. The van der Waals surface area contributed by atoms with E-state index in [1.807, 2.05) is 0 Å². The van der Waals surface area contributed by atoms with Gasteiger partial charge in [0.1, 0.15) is 0 Å². The molecule has 0 atom stereocenters. The molecule has 1 aliphatic heterocycles. The Morgan fingerprint density at radius 2 is 2.12 bits per heavy atom. The van der Waals surface area contributed by atoms with Gasteiger partial charge < -0.3 is 10.2 Å². The van der Waals surface area contributed by atoms with E-state index in [1.54, 1.807) is 0 Å². The van der Waals surface area contributed by atoms with E-state index in [0.717, 1.165) is 19.5 Å². The Bertz CT molecular complexity index is 396. The first-order valence-electron chi connectivity index (χ1n) is 6.60. The van der Waals surface area contributed by atoms with Crippen molar-refractivity contribution < 1.29 is 0 Å². The van der Waals surface area contributed by atoms with E-state index in [-0.39, 0.29) is 5.54 Å². The Hall–Kier alpha value is -1.02. The van der Waals surface area contributed by atoms with Crippen molar-refractivity contribution in [2.45, 2.75) is 45.7 Å². The van der Waals surface area contributed by atoms with Gasteiger partial charge in [-0.25, -0.2) is 0 Å². The molecule has 1 aromatic rings. The van der Waals surface area contributed by atoms with Crippen LogP contribution < -0.4 is 10.2 Å². The molecule has 0 spiro atoms. The maximum absolute atomic E-state index is 3.61. The molecule has 0 radical (unpaired) electrons. The lowest BCUT2D eigenvalue weighted by Gasteiger charge is -2.24. The summed E-state index contributed by atoms with van der Waals surface area (Å²) in [5.41, 5.74) is 4.54. The van der Waals surface area contributed by atoms with Gasteiger partial charge in [-0.05, 0) is 43.9 Å². The SMILES string of the molecule is CCC(C)(C)NCc1ccc2c(c1)CCN2C. The third kappa shape index (κ3) is 2.81. The van der Waals surface area contributed by atoms with Gasteiger partial charge in [0.15, 0.2) is 0 Å². The molecule has 1 aliphatic rings. The molecule has 17 heavy (non-hydrogen) atoms. The van der Waals surface area contributed by atoms with E-state index in [9.17, 15) is 0 Å². The normalized spacial score (nSPS) is 15.2. The molecule has 0 saturated carbocycles. The second kappa shape index (κ2) is 4.69. The monoisotopic (exact) mass is 232 g/mol. The van der Waals surface area contributed by atoms with Crippen LogP contribution in [0.5, 0.6) is 0 Å². The predicted molar refractivity (Wildman–Crippen MR) is 74.6 cm³/mol. The molecule has 94 valence electrons. The third-order valence-corrected chi connectivity index (χ3v) is 3.93. The van der Waals surface area contributed by atoms with Gasteiger partial charge in [-0.15, -0.1) is 0 Å². The second-order valence-electron chi connectivity index (χ2n) is 5.73. The van der Waals surface area contributed by atoms with Crippen LogP contribution in [0.1, 0.15) is 38.3 Å². The van der Waals surface area contributed by atoms with Crippen LogP contribution in [-0.4, -0.2) is 19.1 Å². The van der Waals surface area contributed by atoms with Crippen LogP contribution in [0.3, 0.4) is 0 Å². The van der Waals surface area contributed by atoms with Crippen molar-refractivity contribution in [3.8, 4) is 0 Å². The summed E-state index contributed by atoms with van der Waals surface area (Å²) in [4.78, 5) is 2.34. The zero-order chi connectivity index (χ0) is 12.5. The van der Waals surface area contributed by atoms with Crippen LogP contribution >= 0.6 is 0 Å². The van der Waals surface area contributed by atoms with Crippen LogP contribution in [-0.2, 0) is 13.0 Å². The molecule has 2 rings (SSSR count). The molecule has 0 aliphatic carbocycles. The Kier molecular flexibility index (Phi) is 3.43. The zero-order valence-electron chi connectivity index (χ0n) is 11.5. The predicted octanol–water partition coefficient (Wildman–Crippen LogP) is 2.96. The van der Waals surface area contributed by atoms with Crippen molar-refractivity contribution in [2.24, 2.45) is 0 Å². The van der Waals surface area contributed by atoms with Crippen molar-refractivity contribution in [3.63, 3.8) is 0 Å². The van der Waals surface area contributed by atoms with Gasteiger partial charge in [-0.2, -0.15) is 0 Å². The summed E-state index contributed by atoms with van der Waals surface area (Å²) in [7, 11) is 2.17. The number of nitrogens with one attached hydrogen (secondary N) is 1. The molecule has 2 nitrogen and oxygen atoms in total. The van der Waals surface area contributed by atoms with Crippen LogP contribution in [0.25, 0.3) is 0 Å². The van der Waals surface area contributed by atoms with Gasteiger partial charge in [0.05, 0.1) is 0 Å². The fourth-order valence-electron chi connectivity index (χ4n) is 2.20. The highest BCUT2D eigenvalue weighted by molar-refractivity contribution is 5.58. The average Bonchev–Trinajstić information content (AvgIpc) is 2.68. The van der Waals surface area contributed by atoms with Crippen molar-refractivity contribution in [2.75, 3.05) is 18.5 Å². The lowest BCUT2D eigenvalue weighted by Crippen LogP contribution is -2.37. The molecule has 2 heteroatoms. The Morgan fingerprint density at radius 3 is 2.82 bits per heavy atom. The van der Waals surface area contributed by atoms with E-state index in [1.165, 1.54) is 23.2 Å². The van der Waals surface area contributed by atoms with Crippen molar-refractivity contribution in [3.05, 3.63) is 29.3 Å². The summed E-state index contributed by atoms with van der Waals surface area (Å²) in [6.45, 7) is 8.87. The van der Waals surface area contributed by atoms with Gasteiger partial charge in [-0.1, -0.05) is 19.1 Å². The Morgan fingerprint density at radius 1 is 1.35 bits per heavy atom. The minimum atomic E-state index is 0.232. The van der Waals surface area contributed by atoms with Crippen LogP contribution in [0.15, 0.2) is 18.2 Å². The Labute approximate surface area is 105 Å². The number of hydrogen-bond acceptors (Lipinski definition) is 2. The fourth-order valence-corrected chi connectivity index (χ4v) is 2.20. The van der Waals surface area contributed by atoms with Gasteiger partial charge in [0.25, 0.3) is 0 Å². The van der Waals surface area contributed by atoms with Crippen molar-refractivity contribution in [1.29, 1.82) is 0 Å². The number of anilines is 1. The molecular formula is C15H24N2.